The molecule has 1 heterocycles. The Labute approximate surface area is 80.9 Å². The van der Waals surface area contributed by atoms with Crippen molar-refractivity contribution in [2.45, 2.75) is 18.6 Å². The molecule has 5 heteroatoms. The number of β-amino-alcohol motifs (C(OH)–C–C–N with tert-alkyl or cyclic N) is 1. The van der Waals surface area contributed by atoms with Crippen molar-refractivity contribution in [1.82, 2.24) is 5.32 Å². The van der Waals surface area contributed by atoms with E-state index in [0.29, 0.717) is 13.0 Å². The van der Waals surface area contributed by atoms with E-state index in [-0.39, 0.29) is 29.6 Å². The number of aliphatic hydroxyl groups excluding tert-OH is 1. The zero-order valence-electron chi connectivity index (χ0n) is 5.87. The largest absolute Gasteiger partial charge is 0.480 e. The van der Waals surface area contributed by atoms with Gasteiger partial charge >= 0.3 is 5.97 Å². The topological polar surface area (TPSA) is 69.6 Å². The Hall–Kier alpha value is 0.390. The van der Waals surface area contributed by atoms with E-state index in [1.54, 1.807) is 0 Å². The summed E-state index contributed by atoms with van der Waals surface area (Å²) in [7, 11) is 0. The predicted molar refractivity (Wildman–Crippen MR) is 35.8 cm³/mol. The van der Waals surface area contributed by atoms with Crippen LogP contribution in [0.5, 0.6) is 0 Å². The van der Waals surface area contributed by atoms with Crippen molar-refractivity contribution in [2.24, 2.45) is 0 Å². The Bertz CT molecular complexity index is 130. The zero-order chi connectivity index (χ0) is 6.85. The fraction of sp³-hybridized carbons (Fsp3) is 0.800. The van der Waals surface area contributed by atoms with Gasteiger partial charge in [-0.05, 0) is 0 Å². The Kier molecular flexibility index (Phi) is 4.47. The third kappa shape index (κ3) is 2.56. The fourth-order valence-electron chi connectivity index (χ4n) is 0.905. The average Bonchev–Trinajstić information content (AvgIpc) is 2.14. The molecule has 0 saturated carbocycles. The van der Waals surface area contributed by atoms with E-state index in [0.717, 1.165) is 0 Å². The number of aliphatic hydroxyl groups is 1. The number of hydrogen-bond acceptors (Lipinski definition) is 3. The molecule has 0 spiro atoms. The van der Waals surface area contributed by atoms with Crippen molar-refractivity contribution >= 4 is 35.5 Å². The average molecular weight is 154 g/mol. The fourth-order valence-corrected chi connectivity index (χ4v) is 0.905. The van der Waals surface area contributed by atoms with E-state index in [9.17, 15) is 4.79 Å². The smallest absolute Gasteiger partial charge is 0.320 e. The van der Waals surface area contributed by atoms with Crippen molar-refractivity contribution in [2.75, 3.05) is 6.54 Å². The van der Waals surface area contributed by atoms with Crippen LogP contribution in [-0.2, 0) is 4.79 Å². The molecule has 0 aromatic rings. The Morgan fingerprint density at radius 1 is 1.60 bits per heavy atom. The summed E-state index contributed by atoms with van der Waals surface area (Å²) in [5.74, 6) is -0.883. The molecule has 4 nitrogen and oxygen atoms in total. The van der Waals surface area contributed by atoms with Gasteiger partial charge in [0.05, 0.1) is 6.10 Å². The van der Waals surface area contributed by atoms with Gasteiger partial charge in [-0.25, -0.2) is 0 Å². The van der Waals surface area contributed by atoms with E-state index in [4.69, 9.17) is 10.2 Å². The van der Waals surface area contributed by atoms with Crippen LogP contribution in [0.2, 0.25) is 0 Å². The van der Waals surface area contributed by atoms with Crippen LogP contribution in [0.3, 0.4) is 0 Å². The van der Waals surface area contributed by atoms with Crippen LogP contribution in [0.4, 0.5) is 0 Å². The molecule has 0 amide bonds. The summed E-state index contributed by atoms with van der Waals surface area (Å²) in [6.45, 7) is 0.400. The summed E-state index contributed by atoms with van der Waals surface area (Å²) >= 11 is 0. The first kappa shape index (κ1) is 10.4. The molecule has 10 heavy (non-hydrogen) atoms. The van der Waals surface area contributed by atoms with Crippen molar-refractivity contribution in [3.63, 3.8) is 0 Å². The molecule has 3 N–H and O–H groups in total. The molecule has 0 aromatic carbocycles. The van der Waals surface area contributed by atoms with Crippen LogP contribution in [0.15, 0.2) is 0 Å². The molecule has 1 radical (unpaired) electrons. The number of carboxylic acids is 1. The van der Waals surface area contributed by atoms with Crippen LogP contribution in [0.1, 0.15) is 6.42 Å². The first-order valence-corrected chi connectivity index (χ1v) is 2.84. The molecule has 1 rings (SSSR count). The minimum atomic E-state index is -0.883. The molecule has 1 saturated heterocycles. The van der Waals surface area contributed by atoms with Gasteiger partial charge in [0, 0.05) is 42.5 Å². The van der Waals surface area contributed by atoms with Crippen LogP contribution < -0.4 is 5.32 Å². The molecular weight excluding hydrogens is 145 g/mol. The van der Waals surface area contributed by atoms with Crippen LogP contribution in [0.25, 0.3) is 0 Å². The summed E-state index contributed by atoms with van der Waals surface area (Å²) in [6.07, 6.45) is -0.152. The minimum Gasteiger partial charge on any atom is -0.480 e. The molecule has 1 aliphatic rings. The van der Waals surface area contributed by atoms with Gasteiger partial charge in [-0.2, -0.15) is 0 Å². The maximum absolute atomic E-state index is 10.2. The molecule has 1 fully saturated rings. The number of carbonyl (C=O) groups is 1. The van der Waals surface area contributed by atoms with E-state index in [2.05, 4.69) is 5.32 Å². The molecule has 53 valence electrons. The van der Waals surface area contributed by atoms with E-state index >= 15 is 0 Å². The molecule has 0 bridgehead atoms. The van der Waals surface area contributed by atoms with Gasteiger partial charge in [0.1, 0.15) is 6.04 Å². The quantitative estimate of drug-likeness (QED) is 0.398. The second kappa shape index (κ2) is 4.31. The van der Waals surface area contributed by atoms with Gasteiger partial charge in [0.25, 0.3) is 0 Å². The Morgan fingerprint density at radius 3 is 2.40 bits per heavy atom. The monoisotopic (exact) mass is 154 g/mol. The van der Waals surface area contributed by atoms with E-state index in [1.165, 1.54) is 0 Å². The first-order chi connectivity index (χ1) is 4.20. The minimum absolute atomic E-state index is 0. The van der Waals surface area contributed by atoms with Gasteiger partial charge < -0.3 is 15.5 Å². The van der Waals surface area contributed by atoms with Gasteiger partial charge in [0.15, 0.2) is 0 Å². The van der Waals surface area contributed by atoms with Gasteiger partial charge in [-0.15, -0.1) is 0 Å². The summed E-state index contributed by atoms with van der Waals surface area (Å²) in [6, 6.07) is -0.542. The van der Waals surface area contributed by atoms with E-state index in [1.807, 2.05) is 0 Å². The second-order valence-corrected chi connectivity index (χ2v) is 2.19. The SMILES string of the molecule is O=C(O)[C@@H]1C[C@H](O)CN1.[Na]. The maximum atomic E-state index is 10.2. The number of nitrogens with one attached hydrogen (secondary N) is 1. The van der Waals surface area contributed by atoms with Crippen molar-refractivity contribution in [1.29, 1.82) is 0 Å². The number of rotatable bonds is 1. The molecule has 1 aliphatic heterocycles. The van der Waals surface area contributed by atoms with Crippen LogP contribution >= 0.6 is 0 Å². The Balaban J connectivity index is 0.000000810. The third-order valence-electron chi connectivity index (χ3n) is 1.41. The van der Waals surface area contributed by atoms with E-state index < -0.39 is 18.1 Å². The zero-order valence-corrected chi connectivity index (χ0v) is 7.87. The summed E-state index contributed by atoms with van der Waals surface area (Å²) in [5, 5.41) is 19.8. The molecule has 0 unspecified atom stereocenters. The normalized spacial score (nSPS) is 31.3. The van der Waals surface area contributed by atoms with Crippen LogP contribution in [0, 0.1) is 0 Å². The number of hydrogen-bond donors (Lipinski definition) is 3. The van der Waals surface area contributed by atoms with Crippen molar-refractivity contribution in [3.05, 3.63) is 0 Å². The summed E-state index contributed by atoms with van der Waals surface area (Å²) in [5.41, 5.74) is 0. The standard InChI is InChI=1S/C5H9NO3.Na/c7-3-1-4(5(8)9)6-2-3;/h3-4,6-7H,1-2H2,(H,8,9);/t3-,4-;/m0./s1. The van der Waals surface area contributed by atoms with Crippen molar-refractivity contribution < 1.29 is 15.0 Å². The number of aliphatic carboxylic acids is 1. The Morgan fingerprint density at radius 2 is 2.20 bits per heavy atom. The molecule has 0 aliphatic carbocycles. The van der Waals surface area contributed by atoms with Crippen molar-refractivity contribution in [3.8, 4) is 0 Å². The van der Waals surface area contributed by atoms with Gasteiger partial charge in [-0.1, -0.05) is 0 Å². The van der Waals surface area contributed by atoms with Gasteiger partial charge in [-0.3, -0.25) is 4.79 Å². The molecule has 0 aromatic heterocycles. The number of carboxylic acid groups (broad SMARTS) is 1. The maximum Gasteiger partial charge on any atom is 0.320 e. The second-order valence-electron chi connectivity index (χ2n) is 2.19. The van der Waals surface area contributed by atoms with Crippen LogP contribution in [-0.4, -0.2) is 64.4 Å². The molecule has 2 atom stereocenters. The summed E-state index contributed by atoms with van der Waals surface area (Å²) < 4.78 is 0. The first-order valence-electron chi connectivity index (χ1n) is 2.84. The summed E-state index contributed by atoms with van der Waals surface area (Å²) in [4.78, 5) is 10.2. The predicted octanol–water partition coefficient (Wildman–Crippen LogP) is -1.59. The molecular formula is C5H9NNaO3. The van der Waals surface area contributed by atoms with Gasteiger partial charge in [0.2, 0.25) is 0 Å². The third-order valence-corrected chi connectivity index (χ3v) is 1.41.